The summed E-state index contributed by atoms with van der Waals surface area (Å²) in [6.07, 6.45) is -0.689. The number of hydrogen-bond donors (Lipinski definition) is 1. The number of carbonyl (C=O) groups is 2. The third kappa shape index (κ3) is 4.50. The lowest BCUT2D eigenvalue weighted by Gasteiger charge is -2.32. The monoisotopic (exact) mass is 527 g/mol. The van der Waals surface area contributed by atoms with Crippen molar-refractivity contribution in [3.05, 3.63) is 92.9 Å². The van der Waals surface area contributed by atoms with Gasteiger partial charge in [-0.3, -0.25) is 4.90 Å². The first-order valence-electron chi connectivity index (χ1n) is 10.6. The minimum absolute atomic E-state index is 0.110. The predicted molar refractivity (Wildman–Crippen MR) is 132 cm³/mol. The fourth-order valence-electron chi connectivity index (χ4n) is 4.41. The third-order valence-corrected chi connectivity index (χ3v) is 6.83. The maximum Gasteiger partial charge on any atom is 0.411 e. The molecule has 1 N–H and O–H groups in total. The van der Waals surface area contributed by atoms with E-state index in [9.17, 15) is 14.7 Å². The molecule has 1 atom stereocenters. The van der Waals surface area contributed by atoms with Crippen LogP contribution < -0.4 is 0 Å². The maximum absolute atomic E-state index is 13.3. The van der Waals surface area contributed by atoms with Gasteiger partial charge in [-0.1, -0.05) is 76.1 Å². The summed E-state index contributed by atoms with van der Waals surface area (Å²) in [7, 11) is 0. The fraction of sp³-hybridized carbons (Fsp3) is 0.231. The number of nitrogens with zero attached hydrogens (tertiary/aromatic N) is 1. The van der Waals surface area contributed by atoms with Crippen LogP contribution in [0.5, 0.6) is 0 Å². The van der Waals surface area contributed by atoms with E-state index in [1.54, 1.807) is 32.0 Å². The van der Waals surface area contributed by atoms with E-state index < -0.39 is 24.1 Å². The summed E-state index contributed by atoms with van der Waals surface area (Å²) in [4.78, 5) is 26.8. The van der Waals surface area contributed by atoms with Crippen LogP contribution in [0.15, 0.2) is 71.2 Å². The van der Waals surface area contributed by atoms with Crippen LogP contribution in [0.1, 0.15) is 42.5 Å². The van der Waals surface area contributed by atoms with Gasteiger partial charge in [-0.25, -0.2) is 9.59 Å². The Hall–Kier alpha value is -2.83. The van der Waals surface area contributed by atoms with Gasteiger partial charge in [-0.2, -0.15) is 0 Å². The first-order chi connectivity index (χ1) is 15.8. The van der Waals surface area contributed by atoms with Gasteiger partial charge >= 0.3 is 12.1 Å². The van der Waals surface area contributed by atoms with Crippen molar-refractivity contribution in [2.45, 2.75) is 31.8 Å². The Balaban J connectivity index is 1.62. The van der Waals surface area contributed by atoms with E-state index in [1.807, 2.05) is 36.4 Å². The highest BCUT2D eigenvalue weighted by atomic mass is 79.9. The zero-order valence-electron chi connectivity index (χ0n) is 18.2. The average Bonchev–Trinajstić information content (AvgIpc) is 3.11. The summed E-state index contributed by atoms with van der Waals surface area (Å²) in [5.74, 6) is -1.28. The van der Waals surface area contributed by atoms with Crippen molar-refractivity contribution < 1.29 is 19.4 Å². The third-order valence-electron chi connectivity index (χ3n) is 5.87. The van der Waals surface area contributed by atoms with Gasteiger partial charge in [0.25, 0.3) is 0 Å². The van der Waals surface area contributed by atoms with E-state index in [-0.39, 0.29) is 12.5 Å². The molecule has 33 heavy (non-hydrogen) atoms. The highest BCUT2D eigenvalue weighted by Gasteiger charge is 2.37. The summed E-state index contributed by atoms with van der Waals surface area (Å²) in [6.45, 7) is 3.63. The highest BCUT2D eigenvalue weighted by Crippen LogP contribution is 2.44. The molecule has 0 aliphatic heterocycles. The molecule has 1 amide bonds. The Morgan fingerprint density at radius 1 is 1.03 bits per heavy atom. The molecule has 0 spiro atoms. The van der Waals surface area contributed by atoms with Gasteiger partial charge in [0.1, 0.15) is 6.61 Å². The minimum atomic E-state index is -1.26. The van der Waals surface area contributed by atoms with Crippen LogP contribution in [0, 0.1) is 0 Å². The lowest BCUT2D eigenvalue weighted by Crippen LogP contribution is -2.44. The van der Waals surface area contributed by atoms with Crippen LogP contribution in [0.4, 0.5) is 4.79 Å². The number of hydrogen-bond acceptors (Lipinski definition) is 3. The molecule has 4 rings (SSSR count). The molecule has 0 heterocycles. The van der Waals surface area contributed by atoms with E-state index >= 15 is 0 Å². The van der Waals surface area contributed by atoms with Crippen molar-refractivity contribution in [1.82, 2.24) is 4.90 Å². The summed E-state index contributed by atoms with van der Waals surface area (Å²) >= 11 is 9.52. The molecule has 1 aliphatic carbocycles. The smallest absolute Gasteiger partial charge is 0.411 e. The fourth-order valence-corrected chi connectivity index (χ4v) is 5.05. The molecule has 170 valence electrons. The molecule has 3 aromatic rings. The maximum atomic E-state index is 13.3. The van der Waals surface area contributed by atoms with Crippen molar-refractivity contribution in [1.29, 1.82) is 0 Å². The van der Waals surface area contributed by atoms with Gasteiger partial charge in [0, 0.05) is 27.0 Å². The molecule has 1 aliphatic rings. The molecule has 1 unspecified atom stereocenters. The van der Waals surface area contributed by atoms with Crippen molar-refractivity contribution >= 4 is 39.6 Å². The first-order valence-corrected chi connectivity index (χ1v) is 11.8. The second kappa shape index (κ2) is 9.57. The van der Waals surface area contributed by atoms with Gasteiger partial charge in [0.05, 0.1) is 0 Å². The zero-order valence-corrected chi connectivity index (χ0v) is 20.5. The molecule has 0 fully saturated rings. The van der Waals surface area contributed by atoms with Crippen molar-refractivity contribution in [2.75, 3.05) is 6.61 Å². The first kappa shape index (κ1) is 23.3. The number of benzene rings is 3. The molecule has 0 saturated carbocycles. The van der Waals surface area contributed by atoms with Crippen molar-refractivity contribution in [3.63, 3.8) is 0 Å². The molecule has 0 aromatic heterocycles. The molecule has 0 saturated heterocycles. The quantitative estimate of drug-likeness (QED) is 0.378. The summed E-state index contributed by atoms with van der Waals surface area (Å²) in [5.41, 5.74) is 4.82. The van der Waals surface area contributed by atoms with Gasteiger partial charge in [-0.05, 0) is 54.3 Å². The molecule has 7 heteroatoms. The Morgan fingerprint density at radius 2 is 1.61 bits per heavy atom. The van der Waals surface area contributed by atoms with Crippen molar-refractivity contribution in [3.8, 4) is 11.1 Å². The van der Waals surface area contributed by atoms with E-state index in [1.165, 1.54) is 4.90 Å². The lowest BCUT2D eigenvalue weighted by molar-refractivity contribution is -0.143. The number of aliphatic carboxylic acids is 1. The number of amides is 1. The normalized spacial score (nSPS) is 13.4. The number of rotatable bonds is 6. The van der Waals surface area contributed by atoms with Crippen molar-refractivity contribution in [2.24, 2.45) is 0 Å². The topological polar surface area (TPSA) is 66.8 Å². The number of ether oxygens (including phenoxy) is 1. The van der Waals surface area contributed by atoms with Crippen LogP contribution in [0.3, 0.4) is 0 Å². The zero-order chi connectivity index (χ0) is 23.7. The molecule has 3 aromatic carbocycles. The Morgan fingerprint density at radius 3 is 2.15 bits per heavy atom. The minimum Gasteiger partial charge on any atom is -0.479 e. The second-order valence-electron chi connectivity index (χ2n) is 8.21. The molecular weight excluding hydrogens is 506 g/mol. The molecular formula is C26H23BrClNO4. The van der Waals surface area contributed by atoms with Crippen LogP contribution in [-0.4, -0.2) is 34.7 Å². The number of carboxylic acids is 1. The Labute approximate surface area is 206 Å². The van der Waals surface area contributed by atoms with Gasteiger partial charge in [0.15, 0.2) is 6.04 Å². The van der Waals surface area contributed by atoms with E-state index in [0.29, 0.717) is 15.1 Å². The molecule has 0 bridgehead atoms. The van der Waals surface area contributed by atoms with Gasteiger partial charge < -0.3 is 9.84 Å². The summed E-state index contributed by atoms with van der Waals surface area (Å²) in [5, 5.41) is 10.4. The van der Waals surface area contributed by atoms with E-state index in [2.05, 4.69) is 28.1 Å². The second-order valence-corrected chi connectivity index (χ2v) is 9.50. The Bertz CT molecular complexity index is 1170. The number of carbonyl (C=O) groups excluding carboxylic acids is 1. The van der Waals surface area contributed by atoms with Crippen LogP contribution in [0.2, 0.25) is 5.02 Å². The summed E-state index contributed by atoms with van der Waals surface area (Å²) in [6, 6.07) is 19.3. The SMILES string of the molecule is CC(C)N(C(=O)OCC1c2ccccc2-c2ccccc21)C(C(=O)O)c1cc(Cl)ccc1Br. The predicted octanol–water partition coefficient (Wildman–Crippen LogP) is 6.89. The van der Waals surface area contributed by atoms with Gasteiger partial charge in [0.2, 0.25) is 0 Å². The number of fused-ring (bicyclic) bond motifs is 3. The summed E-state index contributed by atoms with van der Waals surface area (Å²) < 4.78 is 6.31. The van der Waals surface area contributed by atoms with E-state index in [0.717, 1.165) is 22.3 Å². The molecule has 0 radical (unpaired) electrons. The van der Waals surface area contributed by atoms with Crippen LogP contribution in [0.25, 0.3) is 11.1 Å². The standard InChI is InChI=1S/C26H23BrClNO4/c1-15(2)29(24(25(30)31)21-13-16(28)11-12-23(21)27)26(32)33-14-22-19-9-5-3-7-17(19)18-8-4-6-10-20(18)22/h3-13,15,22,24H,14H2,1-2H3,(H,30,31). The van der Waals surface area contributed by atoms with E-state index in [4.69, 9.17) is 16.3 Å². The lowest BCUT2D eigenvalue weighted by atomic mass is 9.98. The Kier molecular flexibility index (Phi) is 6.77. The average molecular weight is 529 g/mol. The van der Waals surface area contributed by atoms with Crippen LogP contribution in [-0.2, 0) is 9.53 Å². The van der Waals surface area contributed by atoms with Gasteiger partial charge in [-0.15, -0.1) is 0 Å². The highest BCUT2D eigenvalue weighted by molar-refractivity contribution is 9.10. The number of carboxylic acid groups (broad SMARTS) is 1. The number of halogens is 2. The molecule has 5 nitrogen and oxygen atoms in total. The van der Waals surface area contributed by atoms with Crippen LogP contribution >= 0.6 is 27.5 Å². The largest absolute Gasteiger partial charge is 0.479 e.